The number of carboxylic acids is 1. The number of carboxylic acid groups (broad SMARTS) is 1. The van der Waals surface area contributed by atoms with Crippen LogP contribution in [0.2, 0.25) is 0 Å². The van der Waals surface area contributed by atoms with Gasteiger partial charge in [0.2, 0.25) is 0 Å². The molecule has 0 saturated heterocycles. The second-order valence-electron chi connectivity index (χ2n) is 5.99. The van der Waals surface area contributed by atoms with Crippen molar-refractivity contribution in [3.05, 3.63) is 34.9 Å². The predicted octanol–water partition coefficient (Wildman–Crippen LogP) is 6.78. The van der Waals surface area contributed by atoms with Gasteiger partial charge in [0.1, 0.15) is 0 Å². The molecule has 0 amide bonds. The summed E-state index contributed by atoms with van der Waals surface area (Å²) in [6.45, 7) is 2.19. The first-order valence-electron chi connectivity index (χ1n) is 9.54. The molecule has 0 heterocycles. The van der Waals surface area contributed by atoms with Crippen LogP contribution in [0.15, 0.2) is 34.9 Å². The molecule has 0 aliphatic rings. The Morgan fingerprint density at radius 2 is 1.73 bits per heavy atom. The predicted molar refractivity (Wildman–Crippen MR) is 115 cm³/mol. The maximum atomic E-state index is 10.3. The zero-order chi connectivity index (χ0) is 19.3. The van der Waals surface area contributed by atoms with Gasteiger partial charge in [-0.2, -0.15) is 0 Å². The van der Waals surface area contributed by atoms with Crippen molar-refractivity contribution in [2.75, 3.05) is 0 Å². The van der Waals surface area contributed by atoms with Crippen LogP contribution in [-0.2, 0) is 4.79 Å². The number of hydrogen-bond donors (Lipinski definition) is 1. The van der Waals surface area contributed by atoms with E-state index in [9.17, 15) is 4.79 Å². The van der Waals surface area contributed by atoms with Gasteiger partial charge in [0, 0.05) is 10.9 Å². The molecule has 2 nitrogen and oxygen atoms in total. The summed E-state index contributed by atoms with van der Waals surface area (Å²) in [5, 5.41) is 8.45. The minimum atomic E-state index is -0.823. The lowest BCUT2D eigenvalue weighted by atomic mass is 10.1. The molecule has 0 aromatic rings. The van der Waals surface area contributed by atoms with Crippen molar-refractivity contribution in [2.45, 2.75) is 77.6 Å². The zero-order valence-corrected chi connectivity index (χ0v) is 17.5. The Balaban J connectivity index is 3.53. The van der Waals surface area contributed by atoms with Crippen molar-refractivity contribution < 1.29 is 9.90 Å². The van der Waals surface area contributed by atoms with Crippen LogP contribution in [0.25, 0.3) is 0 Å². The molecule has 26 heavy (non-hydrogen) atoms. The van der Waals surface area contributed by atoms with Gasteiger partial charge in [-0.3, -0.25) is 4.79 Å². The second kappa shape index (κ2) is 19.6. The van der Waals surface area contributed by atoms with Crippen LogP contribution in [0.1, 0.15) is 77.6 Å². The van der Waals surface area contributed by atoms with E-state index >= 15 is 0 Å². The number of hydrogen-bond acceptors (Lipinski definition) is 1. The highest BCUT2D eigenvalue weighted by Crippen LogP contribution is 2.13. The van der Waals surface area contributed by atoms with E-state index < -0.39 is 5.97 Å². The summed E-state index contributed by atoms with van der Waals surface area (Å²) in [7, 11) is 0. The van der Waals surface area contributed by atoms with Crippen molar-refractivity contribution in [3.8, 4) is 23.7 Å². The molecule has 0 aliphatic heterocycles. The summed E-state index contributed by atoms with van der Waals surface area (Å²) < 4.78 is 1.20. The summed E-state index contributed by atoms with van der Waals surface area (Å²) in [6, 6.07) is 0. The standard InChI is InChI=1S/C23H31BrO2/c1-2-3-16-19-22(24)20-17-14-12-10-8-6-4-5-7-9-11-13-15-18-21-23(25)26/h5,7,16,19-20H,2-4,6,8,10,12,14,17-18,21H2,1H3,(H,25,26)/b7-5+,19-16+,22-20-. The Labute approximate surface area is 168 Å². The molecule has 0 unspecified atom stereocenters. The highest BCUT2D eigenvalue weighted by atomic mass is 79.9. The summed E-state index contributed by atoms with van der Waals surface area (Å²) in [5.41, 5.74) is 0. The number of carbonyl (C=O) groups is 1. The molecule has 0 atom stereocenters. The summed E-state index contributed by atoms with van der Waals surface area (Å²) in [5.74, 6) is 10.1. The first-order valence-corrected chi connectivity index (χ1v) is 10.3. The van der Waals surface area contributed by atoms with Crippen LogP contribution >= 0.6 is 15.9 Å². The van der Waals surface area contributed by atoms with Crippen LogP contribution in [0.4, 0.5) is 0 Å². The topological polar surface area (TPSA) is 37.3 Å². The Morgan fingerprint density at radius 1 is 1.00 bits per heavy atom. The molecule has 0 spiro atoms. The van der Waals surface area contributed by atoms with E-state index in [1.165, 1.54) is 43.0 Å². The minimum absolute atomic E-state index is 0.0775. The lowest BCUT2D eigenvalue weighted by Crippen LogP contribution is -1.91. The lowest BCUT2D eigenvalue weighted by Gasteiger charge is -1.98. The Bertz CT molecular complexity index is 577. The molecule has 0 aromatic carbocycles. The van der Waals surface area contributed by atoms with Gasteiger partial charge in [0.15, 0.2) is 0 Å². The Kier molecular flexibility index (Phi) is 18.3. The van der Waals surface area contributed by atoms with Gasteiger partial charge in [-0.05, 0) is 50.0 Å². The molecular weight excluding hydrogens is 388 g/mol. The molecule has 0 bridgehead atoms. The number of rotatable bonds is 13. The third kappa shape index (κ3) is 20.3. The van der Waals surface area contributed by atoms with Crippen LogP contribution in [0.5, 0.6) is 0 Å². The average Bonchev–Trinajstić information content (AvgIpc) is 2.61. The van der Waals surface area contributed by atoms with Crippen molar-refractivity contribution in [3.63, 3.8) is 0 Å². The SMILES string of the molecule is CCC/C=C/C(Br)=C/CCCCCCC/C=C/C#CC#CCCC(=O)O. The van der Waals surface area contributed by atoms with Gasteiger partial charge >= 0.3 is 5.97 Å². The molecule has 0 aliphatic carbocycles. The van der Waals surface area contributed by atoms with E-state index in [4.69, 9.17) is 5.11 Å². The van der Waals surface area contributed by atoms with Crippen molar-refractivity contribution in [2.24, 2.45) is 0 Å². The van der Waals surface area contributed by atoms with Crippen molar-refractivity contribution in [1.82, 2.24) is 0 Å². The van der Waals surface area contributed by atoms with Gasteiger partial charge in [-0.25, -0.2) is 0 Å². The van der Waals surface area contributed by atoms with E-state index in [0.717, 1.165) is 19.3 Å². The van der Waals surface area contributed by atoms with Gasteiger partial charge < -0.3 is 5.11 Å². The number of allylic oxidation sites excluding steroid dienone is 6. The molecule has 1 N–H and O–H groups in total. The molecule has 0 rings (SSSR count). The third-order valence-electron chi connectivity index (χ3n) is 3.53. The van der Waals surface area contributed by atoms with E-state index in [1.807, 2.05) is 6.08 Å². The van der Waals surface area contributed by atoms with E-state index in [1.54, 1.807) is 0 Å². The van der Waals surface area contributed by atoms with Crippen molar-refractivity contribution >= 4 is 21.9 Å². The quantitative estimate of drug-likeness (QED) is 0.203. The van der Waals surface area contributed by atoms with Gasteiger partial charge in [-0.15, -0.1) is 0 Å². The maximum absolute atomic E-state index is 10.3. The normalized spacial score (nSPS) is 11.2. The van der Waals surface area contributed by atoms with Gasteiger partial charge in [-0.1, -0.05) is 84.7 Å². The molecule has 142 valence electrons. The van der Waals surface area contributed by atoms with E-state index in [2.05, 4.69) is 70.8 Å². The van der Waals surface area contributed by atoms with Crippen LogP contribution in [-0.4, -0.2) is 11.1 Å². The molecule has 0 fully saturated rings. The fraction of sp³-hybridized carbons (Fsp3) is 0.522. The fourth-order valence-electron chi connectivity index (χ4n) is 2.10. The average molecular weight is 419 g/mol. The van der Waals surface area contributed by atoms with Crippen LogP contribution in [0.3, 0.4) is 0 Å². The largest absolute Gasteiger partial charge is 0.481 e. The van der Waals surface area contributed by atoms with Crippen molar-refractivity contribution in [1.29, 1.82) is 0 Å². The van der Waals surface area contributed by atoms with E-state index in [0.29, 0.717) is 6.42 Å². The third-order valence-corrected chi connectivity index (χ3v) is 4.12. The first kappa shape index (κ1) is 24.3. The summed E-state index contributed by atoms with van der Waals surface area (Å²) in [6.07, 6.45) is 21.8. The first-order chi connectivity index (χ1) is 12.7. The number of aliphatic carboxylic acids is 1. The fourth-order valence-corrected chi connectivity index (χ4v) is 2.52. The van der Waals surface area contributed by atoms with Gasteiger partial charge in [0.05, 0.1) is 6.42 Å². The minimum Gasteiger partial charge on any atom is -0.481 e. The molecule has 0 aromatic heterocycles. The monoisotopic (exact) mass is 418 g/mol. The van der Waals surface area contributed by atoms with Crippen LogP contribution < -0.4 is 0 Å². The van der Waals surface area contributed by atoms with Crippen LogP contribution in [0, 0.1) is 23.7 Å². The lowest BCUT2D eigenvalue weighted by molar-refractivity contribution is -0.136. The molecule has 3 heteroatoms. The highest BCUT2D eigenvalue weighted by molar-refractivity contribution is 9.11. The number of unbranched alkanes of at least 4 members (excludes halogenated alkanes) is 7. The zero-order valence-electron chi connectivity index (χ0n) is 15.9. The second-order valence-corrected chi connectivity index (χ2v) is 6.91. The molecule has 0 radical (unpaired) electrons. The highest BCUT2D eigenvalue weighted by Gasteiger charge is 1.91. The molecular formula is C23H31BrO2. The van der Waals surface area contributed by atoms with E-state index in [-0.39, 0.29) is 6.42 Å². The Hall–Kier alpha value is -1.71. The smallest absolute Gasteiger partial charge is 0.304 e. The molecule has 0 saturated carbocycles. The maximum Gasteiger partial charge on any atom is 0.304 e. The van der Waals surface area contributed by atoms with Gasteiger partial charge in [0.25, 0.3) is 0 Å². The Morgan fingerprint density at radius 3 is 2.46 bits per heavy atom. The summed E-state index contributed by atoms with van der Waals surface area (Å²) >= 11 is 3.58. The summed E-state index contributed by atoms with van der Waals surface area (Å²) in [4.78, 5) is 10.3. The number of halogens is 1.